The topological polar surface area (TPSA) is 49.2 Å². The minimum absolute atomic E-state index is 0.266. The van der Waals surface area contributed by atoms with Crippen LogP contribution in [0.25, 0.3) is 0 Å². The maximum atomic E-state index is 10.3. The summed E-state index contributed by atoms with van der Waals surface area (Å²) in [5.74, 6) is 0.266. The minimum Gasteiger partial charge on any atom is -0.391 e. The Hall–Kier alpha value is -1.30. The first kappa shape index (κ1) is 14.6. The van der Waals surface area contributed by atoms with Crippen molar-refractivity contribution in [2.75, 3.05) is 13.1 Å². The molecule has 0 amide bonds. The molecule has 0 radical (unpaired) electrons. The Kier molecular flexibility index (Phi) is 4.33. The minimum atomic E-state index is -0.269. The molecule has 0 aromatic carbocycles. The number of nitrogens with zero attached hydrogens (tertiary/aromatic N) is 3. The Morgan fingerprint density at radius 3 is 2.86 bits per heavy atom. The summed E-state index contributed by atoms with van der Waals surface area (Å²) in [4.78, 5) is 12.5. The second kappa shape index (κ2) is 6.22. The van der Waals surface area contributed by atoms with Gasteiger partial charge in [0.25, 0.3) is 0 Å². The molecule has 1 saturated heterocycles. The van der Waals surface area contributed by atoms with E-state index >= 15 is 0 Å². The Bertz CT molecular complexity index is 579. The van der Waals surface area contributed by atoms with E-state index in [-0.39, 0.29) is 12.0 Å². The predicted octanol–water partition coefficient (Wildman–Crippen LogP) is 2.19. The highest BCUT2D eigenvalue weighted by Gasteiger charge is 2.31. The molecule has 0 unspecified atom stereocenters. The highest BCUT2D eigenvalue weighted by atomic mass is 32.1. The van der Waals surface area contributed by atoms with E-state index in [9.17, 15) is 5.11 Å². The Morgan fingerprint density at radius 2 is 2.19 bits per heavy atom. The lowest BCUT2D eigenvalue weighted by Gasteiger charge is -2.13. The number of thiazole rings is 1. The molecule has 112 valence electrons. The van der Waals surface area contributed by atoms with Gasteiger partial charge in [-0.1, -0.05) is 6.07 Å². The average molecular weight is 303 g/mol. The molecule has 21 heavy (non-hydrogen) atoms. The molecule has 3 heterocycles. The van der Waals surface area contributed by atoms with Crippen LogP contribution in [-0.2, 0) is 13.0 Å². The zero-order chi connectivity index (χ0) is 14.8. The summed E-state index contributed by atoms with van der Waals surface area (Å²) in [5, 5.41) is 11.4. The van der Waals surface area contributed by atoms with Gasteiger partial charge in [-0.15, -0.1) is 11.3 Å². The molecule has 4 nitrogen and oxygen atoms in total. The monoisotopic (exact) mass is 303 g/mol. The predicted molar refractivity (Wildman–Crippen MR) is 84.3 cm³/mol. The van der Waals surface area contributed by atoms with Crippen molar-refractivity contribution in [3.05, 3.63) is 45.7 Å². The number of β-amino-alcohol motifs (C(OH)–C–C–N with tert-alkyl or cyclic N) is 1. The van der Waals surface area contributed by atoms with Crippen molar-refractivity contribution in [2.45, 2.75) is 32.9 Å². The Balaban J connectivity index is 1.60. The highest BCUT2D eigenvalue weighted by Crippen LogP contribution is 2.24. The maximum absolute atomic E-state index is 10.3. The van der Waals surface area contributed by atoms with Crippen LogP contribution in [0.5, 0.6) is 0 Å². The number of aliphatic hydroxyl groups is 1. The Labute approximate surface area is 129 Å². The molecule has 2 aromatic heterocycles. The lowest BCUT2D eigenvalue weighted by Crippen LogP contribution is -2.21. The van der Waals surface area contributed by atoms with E-state index in [1.165, 1.54) is 4.88 Å². The lowest BCUT2D eigenvalue weighted by atomic mass is 10.00. The smallest absolute Gasteiger partial charge is 0.107 e. The van der Waals surface area contributed by atoms with Crippen molar-refractivity contribution >= 4 is 11.3 Å². The van der Waals surface area contributed by atoms with E-state index in [1.807, 2.05) is 24.4 Å². The van der Waals surface area contributed by atoms with Crippen LogP contribution >= 0.6 is 11.3 Å². The van der Waals surface area contributed by atoms with Crippen molar-refractivity contribution in [1.82, 2.24) is 14.9 Å². The van der Waals surface area contributed by atoms with Gasteiger partial charge in [0.15, 0.2) is 0 Å². The van der Waals surface area contributed by atoms with Gasteiger partial charge in [-0.25, -0.2) is 4.98 Å². The highest BCUT2D eigenvalue weighted by molar-refractivity contribution is 7.11. The van der Waals surface area contributed by atoms with E-state index in [2.05, 4.69) is 28.7 Å². The number of hydrogen-bond donors (Lipinski definition) is 1. The van der Waals surface area contributed by atoms with Gasteiger partial charge in [-0.3, -0.25) is 9.88 Å². The summed E-state index contributed by atoms with van der Waals surface area (Å²) in [6.07, 6.45) is 2.39. The van der Waals surface area contributed by atoms with E-state index in [0.717, 1.165) is 42.5 Å². The van der Waals surface area contributed by atoms with Gasteiger partial charge in [0.2, 0.25) is 0 Å². The molecular weight excluding hydrogens is 282 g/mol. The van der Waals surface area contributed by atoms with Gasteiger partial charge < -0.3 is 5.11 Å². The molecule has 0 saturated carbocycles. The van der Waals surface area contributed by atoms with E-state index in [4.69, 9.17) is 0 Å². The third kappa shape index (κ3) is 3.48. The standard InChI is InChI=1S/C16H21N3OS/c1-11-12(2)21-16(18-11)10-19-8-13(15(20)9-19)7-14-5-3-4-6-17-14/h3-6,13,15,20H,7-10H2,1-2H3/t13-,15-/m1/s1. The van der Waals surface area contributed by atoms with Crippen molar-refractivity contribution in [3.63, 3.8) is 0 Å². The summed E-state index contributed by atoms with van der Waals surface area (Å²) < 4.78 is 0. The third-order valence-corrected chi connectivity index (χ3v) is 5.17. The number of likely N-dealkylation sites (tertiary alicyclic amines) is 1. The van der Waals surface area contributed by atoms with Gasteiger partial charge in [0, 0.05) is 35.8 Å². The van der Waals surface area contributed by atoms with Gasteiger partial charge in [0.1, 0.15) is 5.01 Å². The fraction of sp³-hybridized carbons (Fsp3) is 0.500. The second-order valence-corrected chi connectivity index (χ2v) is 7.08. The first-order valence-electron chi connectivity index (χ1n) is 7.35. The molecule has 0 bridgehead atoms. The average Bonchev–Trinajstić information content (AvgIpc) is 2.95. The van der Waals surface area contributed by atoms with Crippen molar-refractivity contribution in [2.24, 2.45) is 5.92 Å². The molecule has 3 rings (SSSR count). The largest absolute Gasteiger partial charge is 0.391 e. The maximum Gasteiger partial charge on any atom is 0.107 e. The van der Waals surface area contributed by atoms with Crippen molar-refractivity contribution in [1.29, 1.82) is 0 Å². The SMILES string of the molecule is Cc1nc(CN2C[C@@H](Cc3ccccn3)[C@H](O)C2)sc1C. The third-order valence-electron chi connectivity index (χ3n) is 4.11. The summed E-state index contributed by atoms with van der Waals surface area (Å²) in [5.41, 5.74) is 2.18. The van der Waals surface area contributed by atoms with Crippen molar-refractivity contribution in [3.8, 4) is 0 Å². The van der Waals surface area contributed by atoms with Gasteiger partial charge in [-0.2, -0.15) is 0 Å². The summed E-state index contributed by atoms with van der Waals surface area (Å²) in [6, 6.07) is 5.96. The Morgan fingerprint density at radius 1 is 1.33 bits per heavy atom. The molecule has 0 aliphatic carbocycles. The van der Waals surface area contributed by atoms with Crippen LogP contribution in [-0.4, -0.2) is 39.2 Å². The van der Waals surface area contributed by atoms with Gasteiger partial charge in [0.05, 0.1) is 18.3 Å². The van der Waals surface area contributed by atoms with E-state index in [1.54, 1.807) is 11.3 Å². The van der Waals surface area contributed by atoms with Crippen LogP contribution in [0, 0.1) is 19.8 Å². The van der Waals surface area contributed by atoms with Gasteiger partial charge >= 0.3 is 0 Å². The van der Waals surface area contributed by atoms with Crippen LogP contribution in [0.1, 0.15) is 21.3 Å². The van der Waals surface area contributed by atoms with Gasteiger partial charge in [-0.05, 0) is 32.4 Å². The molecule has 1 N–H and O–H groups in total. The lowest BCUT2D eigenvalue weighted by molar-refractivity contribution is 0.140. The number of hydrogen-bond acceptors (Lipinski definition) is 5. The number of aryl methyl sites for hydroxylation is 2. The summed E-state index contributed by atoms with van der Waals surface area (Å²) in [7, 11) is 0. The van der Waals surface area contributed by atoms with Crippen LogP contribution in [0.15, 0.2) is 24.4 Å². The number of pyridine rings is 1. The second-order valence-electron chi connectivity index (χ2n) is 5.80. The zero-order valence-corrected chi connectivity index (χ0v) is 13.3. The molecule has 1 aliphatic rings. The summed E-state index contributed by atoms with van der Waals surface area (Å²) >= 11 is 1.76. The first-order valence-corrected chi connectivity index (χ1v) is 8.16. The normalized spacial score (nSPS) is 22.8. The quantitative estimate of drug-likeness (QED) is 0.940. The molecular formula is C16H21N3OS. The zero-order valence-electron chi connectivity index (χ0n) is 12.5. The van der Waals surface area contributed by atoms with E-state index in [0.29, 0.717) is 0 Å². The van der Waals surface area contributed by atoms with Crippen LogP contribution in [0.3, 0.4) is 0 Å². The van der Waals surface area contributed by atoms with E-state index < -0.39 is 0 Å². The molecule has 1 aliphatic heterocycles. The fourth-order valence-electron chi connectivity index (χ4n) is 2.86. The molecule has 0 spiro atoms. The fourth-order valence-corrected chi connectivity index (χ4v) is 3.83. The van der Waals surface area contributed by atoms with Crippen LogP contribution < -0.4 is 0 Å². The van der Waals surface area contributed by atoms with Crippen molar-refractivity contribution < 1.29 is 5.11 Å². The molecule has 5 heteroatoms. The first-order chi connectivity index (χ1) is 10.1. The number of rotatable bonds is 4. The molecule has 2 atom stereocenters. The van der Waals surface area contributed by atoms with Crippen LogP contribution in [0.2, 0.25) is 0 Å². The molecule has 2 aromatic rings. The van der Waals surface area contributed by atoms with Crippen LogP contribution in [0.4, 0.5) is 0 Å². The number of aliphatic hydroxyl groups excluding tert-OH is 1. The number of aromatic nitrogens is 2. The summed E-state index contributed by atoms with van der Waals surface area (Å²) in [6.45, 7) is 6.65. The molecule has 1 fully saturated rings.